The highest BCUT2D eigenvalue weighted by Crippen LogP contribution is 2.04. The van der Waals surface area contributed by atoms with Crippen molar-refractivity contribution < 1.29 is 24.5 Å². The zero-order valence-electron chi connectivity index (χ0n) is 13.9. The molecule has 126 valence electrons. The molecule has 0 fully saturated rings. The highest BCUT2D eigenvalue weighted by molar-refractivity contribution is 5.80. The molecule has 0 spiro atoms. The van der Waals surface area contributed by atoms with Crippen molar-refractivity contribution in [2.75, 3.05) is 7.11 Å². The van der Waals surface area contributed by atoms with Crippen LogP contribution in [0.4, 0.5) is 4.79 Å². The summed E-state index contributed by atoms with van der Waals surface area (Å²) in [5.74, 6) is -1.27. The SMILES string of the molecule is CC.CC(C)[C@H](NC(=O)OCc1ccccc1)C(=O)O.CO. The van der Waals surface area contributed by atoms with E-state index in [9.17, 15) is 9.59 Å². The second-order valence-electron chi connectivity index (χ2n) is 4.27. The zero-order chi connectivity index (χ0) is 17.5. The van der Waals surface area contributed by atoms with Gasteiger partial charge in [0.2, 0.25) is 0 Å². The molecule has 1 amide bonds. The minimum atomic E-state index is -1.07. The van der Waals surface area contributed by atoms with Gasteiger partial charge in [-0.15, -0.1) is 0 Å². The highest BCUT2D eigenvalue weighted by atomic mass is 16.5. The smallest absolute Gasteiger partial charge is 0.408 e. The van der Waals surface area contributed by atoms with Gasteiger partial charge in [-0.05, 0) is 11.5 Å². The van der Waals surface area contributed by atoms with Gasteiger partial charge in [0.1, 0.15) is 12.6 Å². The maximum atomic E-state index is 11.4. The van der Waals surface area contributed by atoms with Gasteiger partial charge in [-0.3, -0.25) is 0 Å². The number of hydrogen-bond acceptors (Lipinski definition) is 4. The first-order valence-corrected chi connectivity index (χ1v) is 7.15. The number of aliphatic hydroxyl groups is 1. The summed E-state index contributed by atoms with van der Waals surface area (Å²) in [5.41, 5.74) is 0.851. The normalized spacial score (nSPS) is 10.3. The van der Waals surface area contributed by atoms with Crippen molar-refractivity contribution in [1.82, 2.24) is 5.32 Å². The molecule has 0 bridgehead atoms. The molecule has 3 N–H and O–H groups in total. The van der Waals surface area contributed by atoms with Crippen LogP contribution in [0.2, 0.25) is 0 Å². The van der Waals surface area contributed by atoms with E-state index in [0.717, 1.165) is 12.7 Å². The molecule has 1 rings (SSSR count). The van der Waals surface area contributed by atoms with Crippen LogP contribution in [-0.4, -0.2) is 35.4 Å². The molecule has 1 aromatic rings. The number of nitrogens with one attached hydrogen (secondary N) is 1. The highest BCUT2D eigenvalue weighted by Gasteiger charge is 2.23. The van der Waals surface area contributed by atoms with Gasteiger partial charge in [-0.1, -0.05) is 58.0 Å². The van der Waals surface area contributed by atoms with E-state index in [1.165, 1.54) is 0 Å². The fourth-order valence-electron chi connectivity index (χ4n) is 1.41. The molecule has 0 aliphatic carbocycles. The van der Waals surface area contributed by atoms with Gasteiger partial charge in [0.25, 0.3) is 0 Å². The molecule has 6 heteroatoms. The number of aliphatic carboxylic acids is 1. The van der Waals surface area contributed by atoms with Crippen LogP contribution in [0.25, 0.3) is 0 Å². The van der Waals surface area contributed by atoms with Crippen LogP contribution in [0, 0.1) is 5.92 Å². The van der Waals surface area contributed by atoms with Crippen LogP contribution in [0.15, 0.2) is 30.3 Å². The lowest BCUT2D eigenvalue weighted by atomic mass is 10.1. The Kier molecular flexibility index (Phi) is 14.0. The molecule has 0 saturated carbocycles. The number of alkyl carbamates (subject to hydrolysis) is 1. The number of carboxylic acid groups (broad SMARTS) is 1. The van der Waals surface area contributed by atoms with Crippen molar-refractivity contribution in [3.05, 3.63) is 35.9 Å². The standard InChI is InChI=1S/C13H17NO4.C2H6.CH4O/c1-9(2)11(12(15)16)14-13(17)18-8-10-6-4-3-5-7-10;2*1-2/h3-7,9,11H,8H2,1-2H3,(H,14,17)(H,15,16);1-2H3;2H,1H3/t11-;;/m0../s1. The summed E-state index contributed by atoms with van der Waals surface area (Å²) in [4.78, 5) is 22.3. The van der Waals surface area contributed by atoms with E-state index in [0.29, 0.717) is 0 Å². The molecule has 22 heavy (non-hydrogen) atoms. The van der Waals surface area contributed by atoms with Crippen molar-refractivity contribution in [2.45, 2.75) is 40.3 Å². The number of amides is 1. The van der Waals surface area contributed by atoms with Gasteiger partial charge in [-0.2, -0.15) is 0 Å². The minimum Gasteiger partial charge on any atom is -0.480 e. The predicted molar refractivity (Wildman–Crippen MR) is 85.5 cm³/mol. The second-order valence-corrected chi connectivity index (χ2v) is 4.27. The summed E-state index contributed by atoms with van der Waals surface area (Å²) < 4.78 is 4.95. The van der Waals surface area contributed by atoms with Gasteiger partial charge in [0, 0.05) is 7.11 Å². The average molecular weight is 313 g/mol. The quantitative estimate of drug-likeness (QED) is 0.776. The molecule has 0 saturated heterocycles. The van der Waals surface area contributed by atoms with Crippen molar-refractivity contribution in [1.29, 1.82) is 0 Å². The molecule has 6 nitrogen and oxygen atoms in total. The topological polar surface area (TPSA) is 95.9 Å². The van der Waals surface area contributed by atoms with Crippen LogP contribution in [0.1, 0.15) is 33.3 Å². The Balaban J connectivity index is 0. The molecule has 1 atom stereocenters. The van der Waals surface area contributed by atoms with Gasteiger partial charge < -0.3 is 20.3 Å². The molecule has 1 aromatic carbocycles. The van der Waals surface area contributed by atoms with Crippen molar-refractivity contribution in [3.63, 3.8) is 0 Å². The molecular formula is C16H27NO5. The van der Waals surface area contributed by atoms with E-state index in [1.807, 2.05) is 44.2 Å². The third kappa shape index (κ3) is 9.77. The first-order chi connectivity index (χ1) is 10.5. The van der Waals surface area contributed by atoms with Gasteiger partial charge in [0.05, 0.1) is 0 Å². The second kappa shape index (κ2) is 13.9. The molecule has 0 radical (unpaired) electrons. The number of aliphatic hydroxyl groups excluding tert-OH is 1. The minimum absolute atomic E-state index is 0.122. The third-order valence-corrected chi connectivity index (χ3v) is 2.42. The first kappa shape index (κ1) is 22.2. The lowest BCUT2D eigenvalue weighted by Gasteiger charge is -2.17. The van der Waals surface area contributed by atoms with Crippen molar-refractivity contribution in [3.8, 4) is 0 Å². The van der Waals surface area contributed by atoms with Crippen molar-refractivity contribution in [2.24, 2.45) is 5.92 Å². The van der Waals surface area contributed by atoms with Gasteiger partial charge >= 0.3 is 12.1 Å². The van der Waals surface area contributed by atoms with E-state index < -0.39 is 18.1 Å². The first-order valence-electron chi connectivity index (χ1n) is 7.15. The van der Waals surface area contributed by atoms with E-state index in [1.54, 1.807) is 13.8 Å². The maximum Gasteiger partial charge on any atom is 0.408 e. The van der Waals surface area contributed by atoms with E-state index in [4.69, 9.17) is 14.9 Å². The molecule has 0 unspecified atom stereocenters. The molecule has 0 heterocycles. The fourth-order valence-corrected chi connectivity index (χ4v) is 1.41. The summed E-state index contributed by atoms with van der Waals surface area (Å²) >= 11 is 0. The van der Waals surface area contributed by atoms with Gasteiger partial charge in [0.15, 0.2) is 0 Å². The predicted octanol–water partition coefficient (Wildman–Crippen LogP) is 2.66. The zero-order valence-corrected chi connectivity index (χ0v) is 13.9. The number of carboxylic acids is 1. The number of benzene rings is 1. The number of carbonyl (C=O) groups is 2. The van der Waals surface area contributed by atoms with Crippen LogP contribution >= 0.6 is 0 Å². The van der Waals surface area contributed by atoms with Crippen LogP contribution < -0.4 is 5.32 Å². The Hall–Kier alpha value is -2.08. The van der Waals surface area contributed by atoms with Crippen LogP contribution in [0.5, 0.6) is 0 Å². The summed E-state index contributed by atoms with van der Waals surface area (Å²) in [7, 11) is 1.00. The summed E-state index contributed by atoms with van der Waals surface area (Å²) in [6.45, 7) is 7.56. The molecule has 0 aliphatic heterocycles. The van der Waals surface area contributed by atoms with Crippen molar-refractivity contribution >= 4 is 12.1 Å². The number of ether oxygens (including phenoxy) is 1. The van der Waals surface area contributed by atoms with E-state index in [-0.39, 0.29) is 12.5 Å². The molecule has 0 aliphatic rings. The number of carbonyl (C=O) groups excluding carboxylic acids is 1. The van der Waals surface area contributed by atoms with E-state index in [2.05, 4.69) is 5.32 Å². The summed E-state index contributed by atoms with van der Waals surface area (Å²) in [6, 6.07) is 8.25. The summed E-state index contributed by atoms with van der Waals surface area (Å²) in [6.07, 6.45) is -0.722. The van der Waals surface area contributed by atoms with Crippen LogP contribution in [0.3, 0.4) is 0 Å². The lowest BCUT2D eigenvalue weighted by Crippen LogP contribution is -2.44. The number of hydrogen-bond donors (Lipinski definition) is 3. The third-order valence-electron chi connectivity index (χ3n) is 2.42. The Bertz CT molecular complexity index is 406. The lowest BCUT2D eigenvalue weighted by molar-refractivity contribution is -0.140. The van der Waals surface area contributed by atoms with E-state index >= 15 is 0 Å². The number of rotatable bonds is 5. The Morgan fingerprint density at radius 3 is 2.05 bits per heavy atom. The Morgan fingerprint density at radius 2 is 1.64 bits per heavy atom. The molecule has 0 aromatic heterocycles. The Labute approximate surface area is 132 Å². The molecular weight excluding hydrogens is 286 g/mol. The summed E-state index contributed by atoms with van der Waals surface area (Å²) in [5, 5.41) is 18.2. The largest absolute Gasteiger partial charge is 0.480 e. The maximum absolute atomic E-state index is 11.4. The van der Waals surface area contributed by atoms with Crippen LogP contribution in [-0.2, 0) is 16.1 Å². The Morgan fingerprint density at radius 1 is 1.14 bits per heavy atom. The monoisotopic (exact) mass is 313 g/mol. The van der Waals surface area contributed by atoms with Gasteiger partial charge in [-0.25, -0.2) is 9.59 Å². The fraction of sp³-hybridized carbons (Fsp3) is 0.500. The average Bonchev–Trinajstić information content (AvgIpc) is 2.55.